The average Bonchev–Trinajstić information content (AvgIpc) is 2.52. The van der Waals surface area contributed by atoms with E-state index in [1.54, 1.807) is 24.3 Å². The molecular formula is C17H16O3. The Hall–Kier alpha value is -2.39. The fraction of sp³-hybridized carbons (Fsp3) is 0.118. The van der Waals surface area contributed by atoms with Crippen LogP contribution in [0.2, 0.25) is 0 Å². The van der Waals surface area contributed by atoms with Gasteiger partial charge < -0.3 is 9.84 Å². The highest BCUT2D eigenvalue weighted by Crippen LogP contribution is 2.13. The Balaban J connectivity index is 1.99. The average molecular weight is 268 g/mol. The topological polar surface area (TPSA) is 46.5 Å². The van der Waals surface area contributed by atoms with E-state index in [9.17, 15) is 4.79 Å². The van der Waals surface area contributed by atoms with Crippen LogP contribution in [0.4, 0.5) is 0 Å². The standard InChI is InChI=1S/C17H16O3/c18-12-13-20-16-9-6-14(7-10-16)8-11-17(19)15-4-2-1-3-5-15/h1-11,18H,12-13H2/b11-8+. The third-order valence-corrected chi connectivity index (χ3v) is 2.73. The van der Waals surface area contributed by atoms with Crippen molar-refractivity contribution in [1.82, 2.24) is 0 Å². The van der Waals surface area contributed by atoms with Crippen LogP contribution in [0.1, 0.15) is 15.9 Å². The molecule has 3 nitrogen and oxygen atoms in total. The summed E-state index contributed by atoms with van der Waals surface area (Å²) in [6, 6.07) is 16.5. The molecule has 102 valence electrons. The number of hydrogen-bond donors (Lipinski definition) is 1. The van der Waals surface area contributed by atoms with E-state index >= 15 is 0 Å². The Morgan fingerprint density at radius 3 is 2.40 bits per heavy atom. The molecule has 0 heterocycles. The number of aliphatic hydroxyl groups is 1. The molecule has 0 aliphatic carbocycles. The van der Waals surface area contributed by atoms with Crippen LogP contribution in [0.3, 0.4) is 0 Å². The SMILES string of the molecule is O=C(/C=C/c1ccc(OCCO)cc1)c1ccccc1. The molecule has 0 aliphatic rings. The van der Waals surface area contributed by atoms with Gasteiger partial charge in [-0.05, 0) is 23.8 Å². The molecule has 2 aromatic carbocycles. The molecule has 0 fully saturated rings. The number of ether oxygens (including phenoxy) is 1. The van der Waals surface area contributed by atoms with Gasteiger partial charge in [0.05, 0.1) is 6.61 Å². The molecule has 0 atom stereocenters. The van der Waals surface area contributed by atoms with Gasteiger partial charge >= 0.3 is 0 Å². The third-order valence-electron chi connectivity index (χ3n) is 2.73. The summed E-state index contributed by atoms with van der Waals surface area (Å²) >= 11 is 0. The first kappa shape index (κ1) is 14.0. The zero-order valence-electron chi connectivity index (χ0n) is 11.0. The summed E-state index contributed by atoms with van der Waals surface area (Å²) < 4.78 is 5.26. The zero-order chi connectivity index (χ0) is 14.2. The van der Waals surface area contributed by atoms with Crippen LogP contribution in [0.5, 0.6) is 5.75 Å². The van der Waals surface area contributed by atoms with Gasteiger partial charge in [-0.3, -0.25) is 4.79 Å². The van der Waals surface area contributed by atoms with Gasteiger partial charge in [0.1, 0.15) is 12.4 Å². The van der Waals surface area contributed by atoms with Crippen molar-refractivity contribution in [2.75, 3.05) is 13.2 Å². The van der Waals surface area contributed by atoms with Crippen LogP contribution >= 0.6 is 0 Å². The van der Waals surface area contributed by atoms with E-state index in [0.717, 1.165) is 5.56 Å². The van der Waals surface area contributed by atoms with E-state index in [1.165, 1.54) is 0 Å². The van der Waals surface area contributed by atoms with Gasteiger partial charge in [0.2, 0.25) is 0 Å². The van der Waals surface area contributed by atoms with Crippen LogP contribution in [0, 0.1) is 0 Å². The molecule has 0 saturated heterocycles. The normalized spacial score (nSPS) is 10.7. The van der Waals surface area contributed by atoms with Crippen molar-refractivity contribution in [2.24, 2.45) is 0 Å². The summed E-state index contributed by atoms with van der Waals surface area (Å²) in [7, 11) is 0. The van der Waals surface area contributed by atoms with E-state index in [-0.39, 0.29) is 19.0 Å². The fourth-order valence-electron chi connectivity index (χ4n) is 1.71. The number of aliphatic hydroxyl groups excluding tert-OH is 1. The highest BCUT2D eigenvalue weighted by molar-refractivity contribution is 6.06. The Labute approximate surface area is 118 Å². The molecule has 3 heteroatoms. The molecule has 1 N–H and O–H groups in total. The second kappa shape index (κ2) is 7.26. The molecule has 0 spiro atoms. The van der Waals surface area contributed by atoms with Gasteiger partial charge in [0, 0.05) is 5.56 Å². The van der Waals surface area contributed by atoms with E-state index in [1.807, 2.05) is 42.5 Å². The van der Waals surface area contributed by atoms with Crippen LogP contribution in [-0.2, 0) is 0 Å². The number of benzene rings is 2. The lowest BCUT2D eigenvalue weighted by Crippen LogP contribution is -2.01. The minimum Gasteiger partial charge on any atom is -0.491 e. The zero-order valence-corrected chi connectivity index (χ0v) is 11.0. The quantitative estimate of drug-likeness (QED) is 0.647. The number of carbonyl (C=O) groups is 1. The van der Waals surface area contributed by atoms with Crippen molar-refractivity contribution in [3.63, 3.8) is 0 Å². The van der Waals surface area contributed by atoms with E-state index in [2.05, 4.69) is 0 Å². The molecule has 0 bridgehead atoms. The lowest BCUT2D eigenvalue weighted by Gasteiger charge is -2.03. The Bertz CT molecular complexity index is 571. The van der Waals surface area contributed by atoms with E-state index in [4.69, 9.17) is 9.84 Å². The Morgan fingerprint density at radius 1 is 1.05 bits per heavy atom. The minimum atomic E-state index is -0.0220. The summed E-state index contributed by atoms with van der Waals surface area (Å²) in [4.78, 5) is 11.9. The maximum Gasteiger partial charge on any atom is 0.185 e. The van der Waals surface area contributed by atoms with Crippen molar-refractivity contribution in [1.29, 1.82) is 0 Å². The second-order valence-corrected chi connectivity index (χ2v) is 4.20. The highest BCUT2D eigenvalue weighted by Gasteiger charge is 1.99. The summed E-state index contributed by atoms with van der Waals surface area (Å²) in [5.41, 5.74) is 1.59. The monoisotopic (exact) mass is 268 g/mol. The van der Waals surface area contributed by atoms with E-state index < -0.39 is 0 Å². The summed E-state index contributed by atoms with van der Waals surface area (Å²) in [6.45, 7) is 0.273. The van der Waals surface area contributed by atoms with Crippen molar-refractivity contribution in [3.05, 3.63) is 71.8 Å². The lowest BCUT2D eigenvalue weighted by molar-refractivity contribution is 0.104. The smallest absolute Gasteiger partial charge is 0.185 e. The van der Waals surface area contributed by atoms with Crippen LogP contribution in [0.25, 0.3) is 6.08 Å². The molecule has 0 unspecified atom stereocenters. The molecule has 0 aliphatic heterocycles. The predicted octanol–water partition coefficient (Wildman–Crippen LogP) is 2.95. The first-order valence-electron chi connectivity index (χ1n) is 6.41. The van der Waals surface area contributed by atoms with Crippen LogP contribution in [0.15, 0.2) is 60.7 Å². The predicted molar refractivity (Wildman–Crippen MR) is 78.8 cm³/mol. The van der Waals surface area contributed by atoms with Crippen molar-refractivity contribution < 1.29 is 14.6 Å². The largest absolute Gasteiger partial charge is 0.491 e. The van der Waals surface area contributed by atoms with Crippen LogP contribution < -0.4 is 4.74 Å². The number of hydrogen-bond acceptors (Lipinski definition) is 3. The molecule has 0 saturated carbocycles. The number of ketones is 1. The van der Waals surface area contributed by atoms with Gasteiger partial charge in [-0.25, -0.2) is 0 Å². The maximum absolute atomic E-state index is 11.9. The number of allylic oxidation sites excluding steroid dienone is 1. The minimum absolute atomic E-state index is 0.00671. The van der Waals surface area contributed by atoms with E-state index in [0.29, 0.717) is 11.3 Å². The van der Waals surface area contributed by atoms with Gasteiger partial charge in [-0.15, -0.1) is 0 Å². The third kappa shape index (κ3) is 4.07. The molecule has 0 amide bonds. The summed E-state index contributed by atoms with van der Waals surface area (Å²) in [6.07, 6.45) is 3.32. The number of rotatable bonds is 6. The summed E-state index contributed by atoms with van der Waals surface area (Å²) in [5, 5.41) is 8.66. The fourth-order valence-corrected chi connectivity index (χ4v) is 1.71. The second-order valence-electron chi connectivity index (χ2n) is 4.20. The molecular weight excluding hydrogens is 252 g/mol. The molecule has 20 heavy (non-hydrogen) atoms. The molecule has 0 aromatic heterocycles. The van der Waals surface area contributed by atoms with Crippen molar-refractivity contribution >= 4 is 11.9 Å². The first-order valence-corrected chi connectivity index (χ1v) is 6.41. The Morgan fingerprint density at radius 2 is 1.75 bits per heavy atom. The lowest BCUT2D eigenvalue weighted by atomic mass is 10.1. The van der Waals surface area contributed by atoms with Gasteiger partial charge in [0.15, 0.2) is 5.78 Å². The number of carbonyl (C=O) groups excluding carboxylic acids is 1. The van der Waals surface area contributed by atoms with Gasteiger partial charge in [-0.2, -0.15) is 0 Å². The first-order chi connectivity index (χ1) is 9.79. The van der Waals surface area contributed by atoms with Gasteiger partial charge in [0.25, 0.3) is 0 Å². The molecule has 2 rings (SSSR count). The summed E-state index contributed by atoms with van der Waals surface area (Å²) in [5.74, 6) is 0.678. The van der Waals surface area contributed by atoms with Crippen molar-refractivity contribution in [2.45, 2.75) is 0 Å². The van der Waals surface area contributed by atoms with Crippen LogP contribution in [-0.4, -0.2) is 24.1 Å². The van der Waals surface area contributed by atoms with Gasteiger partial charge in [-0.1, -0.05) is 48.5 Å². The highest BCUT2D eigenvalue weighted by atomic mass is 16.5. The maximum atomic E-state index is 11.9. The molecule has 2 aromatic rings. The molecule has 0 radical (unpaired) electrons. The Kier molecular flexibility index (Phi) is 5.09. The van der Waals surface area contributed by atoms with Crippen molar-refractivity contribution in [3.8, 4) is 5.75 Å².